The van der Waals surface area contributed by atoms with Crippen LogP contribution in [0.5, 0.6) is 0 Å². The third kappa shape index (κ3) is 2.60. The molecule has 2 heterocycles. The van der Waals surface area contributed by atoms with Gasteiger partial charge < -0.3 is 14.5 Å². The fourth-order valence-corrected chi connectivity index (χ4v) is 2.21. The van der Waals surface area contributed by atoms with Crippen molar-refractivity contribution in [1.29, 1.82) is 0 Å². The molecule has 1 aromatic heterocycles. The number of nitrogens with zero attached hydrogens (tertiary/aromatic N) is 3. The van der Waals surface area contributed by atoms with Gasteiger partial charge in [0.25, 0.3) is 5.91 Å². The molecule has 1 aromatic rings. The minimum absolute atomic E-state index is 0.0429. The Balaban J connectivity index is 2.13. The van der Waals surface area contributed by atoms with Crippen LogP contribution in [0.2, 0.25) is 0 Å². The number of carbonyl (C=O) groups excluding carboxylic acids is 1. The average molecular weight is 267 g/mol. The first-order chi connectivity index (χ1) is 8.90. The molecule has 7 nitrogen and oxygen atoms in total. The zero-order valence-electron chi connectivity index (χ0n) is 11.2. The highest BCUT2D eigenvalue weighted by atomic mass is 16.5. The van der Waals surface area contributed by atoms with E-state index in [4.69, 9.17) is 5.11 Å². The van der Waals surface area contributed by atoms with E-state index in [1.165, 1.54) is 6.07 Å². The van der Waals surface area contributed by atoms with Crippen molar-refractivity contribution < 1.29 is 19.2 Å². The van der Waals surface area contributed by atoms with Crippen LogP contribution in [0.4, 0.5) is 0 Å². The summed E-state index contributed by atoms with van der Waals surface area (Å²) in [7, 11) is 2.02. The van der Waals surface area contributed by atoms with E-state index in [-0.39, 0.29) is 29.4 Å². The third-order valence-corrected chi connectivity index (χ3v) is 3.59. The second-order valence-electron chi connectivity index (χ2n) is 4.96. The minimum atomic E-state index is -1.23. The van der Waals surface area contributed by atoms with Crippen molar-refractivity contribution in [1.82, 2.24) is 15.0 Å². The van der Waals surface area contributed by atoms with Crippen molar-refractivity contribution in [2.45, 2.75) is 25.9 Å². The van der Waals surface area contributed by atoms with Crippen LogP contribution in [-0.2, 0) is 0 Å². The number of amides is 1. The second-order valence-corrected chi connectivity index (χ2v) is 4.96. The number of hydrogen-bond acceptors (Lipinski definition) is 5. The van der Waals surface area contributed by atoms with Gasteiger partial charge in [0.1, 0.15) is 0 Å². The van der Waals surface area contributed by atoms with Crippen LogP contribution >= 0.6 is 0 Å². The minimum Gasteiger partial charge on any atom is -0.475 e. The maximum absolute atomic E-state index is 12.2. The highest BCUT2D eigenvalue weighted by Gasteiger charge is 2.31. The summed E-state index contributed by atoms with van der Waals surface area (Å²) in [6, 6.07) is 1.66. The number of rotatable bonds is 2. The van der Waals surface area contributed by atoms with Gasteiger partial charge in [0.2, 0.25) is 5.76 Å². The van der Waals surface area contributed by atoms with Gasteiger partial charge in [0.05, 0.1) is 0 Å². The third-order valence-electron chi connectivity index (χ3n) is 3.59. The summed E-state index contributed by atoms with van der Waals surface area (Å²) in [6.07, 6.45) is 0. The van der Waals surface area contributed by atoms with Gasteiger partial charge in [0, 0.05) is 31.2 Å². The van der Waals surface area contributed by atoms with Crippen LogP contribution in [-0.4, -0.2) is 64.2 Å². The Hall–Kier alpha value is -1.89. The smallest absolute Gasteiger partial charge is 0.374 e. The number of carboxylic acid groups (broad SMARTS) is 1. The molecule has 0 radical (unpaired) electrons. The van der Waals surface area contributed by atoms with E-state index in [2.05, 4.69) is 14.6 Å². The van der Waals surface area contributed by atoms with E-state index in [1.807, 2.05) is 20.9 Å². The van der Waals surface area contributed by atoms with E-state index in [0.717, 1.165) is 0 Å². The van der Waals surface area contributed by atoms with Crippen molar-refractivity contribution in [3.05, 3.63) is 17.5 Å². The van der Waals surface area contributed by atoms with Gasteiger partial charge in [-0.3, -0.25) is 9.69 Å². The topological polar surface area (TPSA) is 86.9 Å². The van der Waals surface area contributed by atoms with E-state index in [1.54, 1.807) is 4.90 Å². The molecule has 2 unspecified atom stereocenters. The Labute approximate surface area is 110 Å². The van der Waals surface area contributed by atoms with Crippen molar-refractivity contribution in [3.8, 4) is 0 Å². The second kappa shape index (κ2) is 5.00. The van der Waals surface area contributed by atoms with Crippen LogP contribution in [0, 0.1) is 0 Å². The number of carboxylic acids is 1. The molecule has 1 aliphatic rings. The van der Waals surface area contributed by atoms with Crippen molar-refractivity contribution in [2.24, 2.45) is 0 Å². The molecule has 0 saturated carbocycles. The molecule has 0 aliphatic carbocycles. The molecule has 7 heteroatoms. The van der Waals surface area contributed by atoms with Gasteiger partial charge in [-0.1, -0.05) is 5.16 Å². The molecule has 0 aromatic carbocycles. The molecule has 19 heavy (non-hydrogen) atoms. The molecule has 2 rings (SSSR count). The van der Waals surface area contributed by atoms with Gasteiger partial charge in [-0.05, 0) is 20.9 Å². The zero-order chi connectivity index (χ0) is 14.2. The van der Waals surface area contributed by atoms with Gasteiger partial charge in [0.15, 0.2) is 5.69 Å². The summed E-state index contributed by atoms with van der Waals surface area (Å²) in [5, 5.41) is 12.3. The number of likely N-dealkylation sites (N-methyl/N-ethyl adjacent to an activating group) is 1. The standard InChI is InChI=1S/C12H17N3O4/c1-7-5-15(6-8(2)14(7)3)11(16)9-4-10(12(17)18)19-13-9/h4,7-8H,5-6H2,1-3H3,(H,17,18). The first-order valence-corrected chi connectivity index (χ1v) is 6.11. The van der Waals surface area contributed by atoms with Crippen LogP contribution in [0.25, 0.3) is 0 Å². The quantitative estimate of drug-likeness (QED) is 0.841. The molecule has 1 amide bonds. The monoisotopic (exact) mass is 267 g/mol. The normalized spacial score (nSPS) is 24.5. The van der Waals surface area contributed by atoms with E-state index in [9.17, 15) is 9.59 Å². The average Bonchev–Trinajstić information content (AvgIpc) is 2.84. The number of aromatic nitrogens is 1. The lowest BCUT2D eigenvalue weighted by atomic mass is 10.1. The highest BCUT2D eigenvalue weighted by Crippen LogP contribution is 2.16. The Bertz CT molecular complexity index is 487. The van der Waals surface area contributed by atoms with Gasteiger partial charge in [-0.15, -0.1) is 0 Å². The molecule has 2 atom stereocenters. The Morgan fingerprint density at radius 3 is 2.42 bits per heavy atom. The molecule has 1 aliphatic heterocycles. The SMILES string of the molecule is CC1CN(C(=O)c2cc(C(=O)O)on2)CC(C)N1C. The van der Waals surface area contributed by atoms with Gasteiger partial charge >= 0.3 is 5.97 Å². The van der Waals surface area contributed by atoms with E-state index >= 15 is 0 Å². The van der Waals surface area contributed by atoms with E-state index < -0.39 is 5.97 Å². The van der Waals surface area contributed by atoms with Crippen LogP contribution in [0.1, 0.15) is 34.9 Å². The van der Waals surface area contributed by atoms with Crippen molar-refractivity contribution >= 4 is 11.9 Å². The summed E-state index contributed by atoms with van der Waals surface area (Å²) in [5.41, 5.74) is 0.0429. The maximum atomic E-state index is 12.2. The Morgan fingerprint density at radius 1 is 1.37 bits per heavy atom. The highest BCUT2D eigenvalue weighted by molar-refractivity contribution is 5.94. The summed E-state index contributed by atoms with van der Waals surface area (Å²) in [6.45, 7) is 5.27. The van der Waals surface area contributed by atoms with Gasteiger partial charge in [-0.2, -0.15) is 0 Å². The molecule has 1 N–H and O–H groups in total. The molecular formula is C12H17N3O4. The predicted molar refractivity (Wildman–Crippen MR) is 66.1 cm³/mol. The Morgan fingerprint density at radius 2 is 1.95 bits per heavy atom. The Kier molecular flexibility index (Phi) is 3.57. The summed E-state index contributed by atoms with van der Waals surface area (Å²) < 4.78 is 4.61. The molecule has 104 valence electrons. The summed E-state index contributed by atoms with van der Waals surface area (Å²) in [4.78, 5) is 26.8. The molecule has 1 fully saturated rings. The number of hydrogen-bond donors (Lipinski definition) is 1. The van der Waals surface area contributed by atoms with E-state index in [0.29, 0.717) is 13.1 Å². The lowest BCUT2D eigenvalue weighted by Crippen LogP contribution is -2.56. The number of piperazine rings is 1. The zero-order valence-corrected chi connectivity index (χ0v) is 11.2. The first-order valence-electron chi connectivity index (χ1n) is 6.11. The molecule has 0 spiro atoms. The summed E-state index contributed by atoms with van der Waals surface area (Å²) >= 11 is 0. The fraction of sp³-hybridized carbons (Fsp3) is 0.583. The summed E-state index contributed by atoms with van der Waals surface area (Å²) in [5.74, 6) is -1.84. The predicted octanol–water partition coefficient (Wildman–Crippen LogP) is 0.537. The maximum Gasteiger partial charge on any atom is 0.374 e. The fourth-order valence-electron chi connectivity index (χ4n) is 2.21. The lowest BCUT2D eigenvalue weighted by Gasteiger charge is -2.42. The largest absolute Gasteiger partial charge is 0.475 e. The van der Waals surface area contributed by atoms with Crippen LogP contribution in [0.15, 0.2) is 10.6 Å². The first kappa shape index (κ1) is 13.5. The lowest BCUT2D eigenvalue weighted by molar-refractivity contribution is 0.0405. The number of carbonyl (C=O) groups is 2. The van der Waals surface area contributed by atoms with Gasteiger partial charge in [-0.25, -0.2) is 4.79 Å². The number of aromatic carboxylic acids is 1. The van der Waals surface area contributed by atoms with Crippen molar-refractivity contribution in [2.75, 3.05) is 20.1 Å². The molecule has 0 bridgehead atoms. The molecular weight excluding hydrogens is 250 g/mol. The molecule has 1 saturated heterocycles. The van der Waals surface area contributed by atoms with Crippen LogP contribution < -0.4 is 0 Å². The van der Waals surface area contributed by atoms with Crippen LogP contribution in [0.3, 0.4) is 0 Å². The van der Waals surface area contributed by atoms with Crippen molar-refractivity contribution in [3.63, 3.8) is 0 Å².